The van der Waals surface area contributed by atoms with Gasteiger partial charge in [-0.05, 0) is 24.6 Å². The van der Waals surface area contributed by atoms with E-state index in [-0.39, 0.29) is 11.4 Å². The van der Waals surface area contributed by atoms with Crippen LogP contribution in [0, 0.1) is 12.8 Å². The molecule has 2 aromatic rings. The number of nitrogens with zero attached hydrogens (tertiary/aromatic N) is 3. The minimum atomic E-state index is -0.109. The smallest absolute Gasteiger partial charge is 0.321 e. The zero-order valence-electron chi connectivity index (χ0n) is 16.4. The molecular formula is C22H28N4O. The minimum Gasteiger partial charge on any atom is -0.337 e. The number of hydrogen-bond donors (Lipinski definition) is 1. The number of urea groups is 1. The highest BCUT2D eigenvalue weighted by Gasteiger charge is 2.39. The number of aromatic nitrogens is 1. The Kier molecular flexibility index (Phi) is 4.64. The molecular weight excluding hydrogens is 336 g/mol. The fraction of sp³-hybridized carbons (Fsp3) is 0.455. The number of hydrogen-bond acceptors (Lipinski definition) is 3. The lowest BCUT2D eigenvalue weighted by atomic mass is 9.91. The number of benzene rings is 1. The third-order valence-corrected chi connectivity index (χ3v) is 5.57. The van der Waals surface area contributed by atoms with Crippen LogP contribution in [0.25, 0.3) is 0 Å². The van der Waals surface area contributed by atoms with E-state index in [4.69, 9.17) is 0 Å². The molecule has 0 unspecified atom stereocenters. The van der Waals surface area contributed by atoms with Gasteiger partial charge in [0.1, 0.15) is 0 Å². The molecule has 0 spiro atoms. The maximum Gasteiger partial charge on any atom is 0.321 e. The van der Waals surface area contributed by atoms with Gasteiger partial charge in [0, 0.05) is 49.8 Å². The Labute approximate surface area is 161 Å². The van der Waals surface area contributed by atoms with Crippen LogP contribution in [0.3, 0.4) is 0 Å². The topological polar surface area (TPSA) is 48.5 Å². The van der Waals surface area contributed by atoms with Gasteiger partial charge in [-0.1, -0.05) is 44.2 Å². The normalized spacial score (nSPS) is 18.9. The highest BCUT2D eigenvalue weighted by atomic mass is 16.2. The molecule has 1 N–H and O–H groups in total. The van der Waals surface area contributed by atoms with E-state index in [2.05, 4.69) is 53.3 Å². The fourth-order valence-corrected chi connectivity index (χ4v) is 4.11. The summed E-state index contributed by atoms with van der Waals surface area (Å²) in [6.45, 7) is 10.8. The fourth-order valence-electron chi connectivity index (χ4n) is 4.11. The Morgan fingerprint density at radius 1 is 1.19 bits per heavy atom. The van der Waals surface area contributed by atoms with Crippen LogP contribution in [0.1, 0.15) is 30.8 Å². The van der Waals surface area contributed by atoms with Crippen molar-refractivity contribution in [3.05, 3.63) is 59.4 Å². The summed E-state index contributed by atoms with van der Waals surface area (Å²) in [6, 6.07) is 14.5. The lowest BCUT2D eigenvalue weighted by molar-refractivity contribution is 0.0933. The van der Waals surface area contributed by atoms with Gasteiger partial charge >= 0.3 is 6.03 Å². The monoisotopic (exact) mass is 364 g/mol. The van der Waals surface area contributed by atoms with Crippen LogP contribution in [0.15, 0.2) is 42.5 Å². The van der Waals surface area contributed by atoms with E-state index < -0.39 is 0 Å². The maximum absolute atomic E-state index is 12.8. The second kappa shape index (κ2) is 6.97. The van der Waals surface area contributed by atoms with Crippen molar-refractivity contribution in [1.29, 1.82) is 0 Å². The van der Waals surface area contributed by atoms with Gasteiger partial charge in [-0.3, -0.25) is 14.8 Å². The SMILES string of the molecule is Cc1ccc2c(n1)C(C)(C)CN2C(=O)NCC1CN(Cc2ccccc2)C1. The molecule has 142 valence electrons. The molecule has 1 aromatic heterocycles. The van der Waals surface area contributed by atoms with Gasteiger partial charge in [0.2, 0.25) is 0 Å². The second-order valence-corrected chi connectivity index (χ2v) is 8.52. The first-order valence-corrected chi connectivity index (χ1v) is 9.72. The van der Waals surface area contributed by atoms with Crippen molar-refractivity contribution in [3.8, 4) is 0 Å². The molecule has 0 saturated carbocycles. The summed E-state index contributed by atoms with van der Waals surface area (Å²) in [5.41, 5.74) is 4.20. The van der Waals surface area contributed by atoms with Gasteiger partial charge in [0.15, 0.2) is 0 Å². The molecule has 2 amide bonds. The van der Waals surface area contributed by atoms with Crippen LogP contribution in [-0.2, 0) is 12.0 Å². The van der Waals surface area contributed by atoms with Crippen LogP contribution in [0.2, 0.25) is 0 Å². The molecule has 2 aliphatic heterocycles. The van der Waals surface area contributed by atoms with Crippen molar-refractivity contribution >= 4 is 11.7 Å². The molecule has 1 fully saturated rings. The van der Waals surface area contributed by atoms with Crippen molar-refractivity contribution in [3.63, 3.8) is 0 Å². The first-order valence-electron chi connectivity index (χ1n) is 9.72. The first-order chi connectivity index (χ1) is 12.9. The van der Waals surface area contributed by atoms with E-state index in [0.29, 0.717) is 12.5 Å². The molecule has 0 radical (unpaired) electrons. The number of nitrogens with one attached hydrogen (secondary N) is 1. The van der Waals surface area contributed by atoms with Crippen molar-refractivity contribution < 1.29 is 4.79 Å². The van der Waals surface area contributed by atoms with Gasteiger partial charge < -0.3 is 5.32 Å². The number of aryl methyl sites for hydroxylation is 1. The van der Waals surface area contributed by atoms with Crippen LogP contribution < -0.4 is 10.2 Å². The molecule has 1 aromatic carbocycles. The van der Waals surface area contributed by atoms with Crippen molar-refractivity contribution in [2.24, 2.45) is 5.92 Å². The summed E-state index contributed by atoms with van der Waals surface area (Å²) < 4.78 is 0. The zero-order valence-corrected chi connectivity index (χ0v) is 16.4. The van der Waals surface area contributed by atoms with E-state index in [0.717, 1.165) is 43.3 Å². The molecule has 0 bridgehead atoms. The predicted octanol–water partition coefficient (Wildman–Crippen LogP) is 3.33. The van der Waals surface area contributed by atoms with E-state index in [1.807, 2.05) is 30.0 Å². The standard InChI is InChI=1S/C22H28N4O/c1-16-9-10-19-20(24-16)22(2,3)15-26(19)21(27)23-11-18-13-25(14-18)12-17-7-5-4-6-8-17/h4-10,18H,11-15H2,1-3H3,(H,23,27). The third-order valence-electron chi connectivity index (χ3n) is 5.57. The molecule has 5 heteroatoms. The molecule has 0 aliphatic carbocycles. The summed E-state index contributed by atoms with van der Waals surface area (Å²) in [5, 5.41) is 3.14. The molecule has 2 aliphatic rings. The van der Waals surface area contributed by atoms with E-state index >= 15 is 0 Å². The zero-order chi connectivity index (χ0) is 19.0. The number of fused-ring (bicyclic) bond motifs is 1. The molecule has 27 heavy (non-hydrogen) atoms. The van der Waals surface area contributed by atoms with Crippen LogP contribution in [0.4, 0.5) is 10.5 Å². The van der Waals surface area contributed by atoms with E-state index in [1.165, 1.54) is 5.56 Å². The van der Waals surface area contributed by atoms with Gasteiger partial charge in [0.25, 0.3) is 0 Å². The summed E-state index contributed by atoms with van der Waals surface area (Å²) in [7, 11) is 0. The molecule has 5 nitrogen and oxygen atoms in total. The van der Waals surface area contributed by atoms with Crippen molar-refractivity contribution in [2.75, 3.05) is 31.1 Å². The summed E-state index contributed by atoms with van der Waals surface area (Å²) in [6.07, 6.45) is 0. The van der Waals surface area contributed by atoms with E-state index in [1.54, 1.807) is 0 Å². The molecule has 1 saturated heterocycles. The van der Waals surface area contributed by atoms with Crippen molar-refractivity contribution in [1.82, 2.24) is 15.2 Å². The van der Waals surface area contributed by atoms with Crippen LogP contribution >= 0.6 is 0 Å². The van der Waals surface area contributed by atoms with Crippen LogP contribution in [0.5, 0.6) is 0 Å². The van der Waals surface area contributed by atoms with Crippen LogP contribution in [-0.4, -0.2) is 42.1 Å². The largest absolute Gasteiger partial charge is 0.337 e. The molecule has 0 atom stereocenters. The van der Waals surface area contributed by atoms with Gasteiger partial charge in [-0.2, -0.15) is 0 Å². The maximum atomic E-state index is 12.8. The summed E-state index contributed by atoms with van der Waals surface area (Å²) in [5.74, 6) is 0.531. The van der Waals surface area contributed by atoms with Gasteiger partial charge in [-0.15, -0.1) is 0 Å². The molecule has 3 heterocycles. The number of carbonyl (C=O) groups excluding carboxylic acids is 1. The average Bonchev–Trinajstić information content (AvgIpc) is 2.88. The highest BCUT2D eigenvalue weighted by Crippen LogP contribution is 2.39. The Balaban J connectivity index is 1.29. The third kappa shape index (κ3) is 3.69. The lowest BCUT2D eigenvalue weighted by Gasteiger charge is -2.39. The minimum absolute atomic E-state index is 0.00557. The summed E-state index contributed by atoms with van der Waals surface area (Å²) in [4.78, 5) is 21.7. The first kappa shape index (κ1) is 18.0. The Morgan fingerprint density at radius 3 is 2.67 bits per heavy atom. The number of pyridine rings is 1. The number of rotatable bonds is 4. The lowest BCUT2D eigenvalue weighted by Crippen LogP contribution is -2.52. The number of anilines is 1. The van der Waals surface area contributed by atoms with Gasteiger partial charge in [-0.25, -0.2) is 4.79 Å². The highest BCUT2D eigenvalue weighted by molar-refractivity contribution is 5.94. The van der Waals surface area contributed by atoms with Gasteiger partial charge in [0.05, 0.1) is 11.4 Å². The Hall–Kier alpha value is -2.40. The Morgan fingerprint density at radius 2 is 1.93 bits per heavy atom. The number of likely N-dealkylation sites (tertiary alicyclic amines) is 1. The number of carbonyl (C=O) groups is 1. The predicted molar refractivity (Wildman–Crippen MR) is 108 cm³/mol. The Bertz CT molecular complexity index is 827. The quantitative estimate of drug-likeness (QED) is 0.905. The summed E-state index contributed by atoms with van der Waals surface area (Å²) >= 11 is 0. The van der Waals surface area contributed by atoms with Crippen molar-refractivity contribution in [2.45, 2.75) is 32.7 Å². The number of amides is 2. The van der Waals surface area contributed by atoms with E-state index in [9.17, 15) is 4.79 Å². The molecule has 4 rings (SSSR count). The average molecular weight is 364 g/mol. The second-order valence-electron chi connectivity index (χ2n) is 8.52.